The highest BCUT2D eigenvalue weighted by molar-refractivity contribution is 7.89. The minimum atomic E-state index is -3.58. The van der Waals surface area contributed by atoms with Gasteiger partial charge in [0.15, 0.2) is 11.6 Å². The van der Waals surface area contributed by atoms with Crippen molar-refractivity contribution in [3.63, 3.8) is 0 Å². The molecule has 2 aromatic carbocycles. The third-order valence-corrected chi connectivity index (χ3v) is 6.13. The van der Waals surface area contributed by atoms with E-state index in [-0.39, 0.29) is 15.6 Å². The number of hydrogen-bond donors (Lipinski definition) is 0. The molecule has 1 aliphatic heterocycles. The van der Waals surface area contributed by atoms with Crippen molar-refractivity contribution in [3.05, 3.63) is 58.6 Å². The van der Waals surface area contributed by atoms with Crippen LogP contribution in [0.5, 0.6) is 0 Å². The number of aliphatic imine (C=N–C) groups is 1. The van der Waals surface area contributed by atoms with Gasteiger partial charge in [-0.25, -0.2) is 17.2 Å². The Labute approximate surface area is 149 Å². The lowest BCUT2D eigenvalue weighted by molar-refractivity contribution is 0.477. The second-order valence-electron chi connectivity index (χ2n) is 5.66. The summed E-state index contributed by atoms with van der Waals surface area (Å²) in [6, 6.07) is 7.63. The van der Waals surface area contributed by atoms with E-state index >= 15 is 0 Å². The molecule has 1 saturated heterocycles. The standard InChI is InChI=1S/C17H15ClF2N2O2S/c18-14-5-4-13(25(23,24)22-7-1-2-8-22)10-17(14)21-11-12-3-6-15(19)16(20)9-12/h3-6,9-11H,1-2,7-8H2. The monoisotopic (exact) mass is 384 g/mol. The summed E-state index contributed by atoms with van der Waals surface area (Å²) in [6.45, 7) is 0.997. The molecule has 1 heterocycles. The van der Waals surface area contributed by atoms with E-state index in [4.69, 9.17) is 11.6 Å². The van der Waals surface area contributed by atoms with Crippen LogP contribution in [0.15, 0.2) is 46.3 Å². The van der Waals surface area contributed by atoms with Crippen LogP contribution in [0.2, 0.25) is 5.02 Å². The van der Waals surface area contributed by atoms with Crippen molar-refractivity contribution < 1.29 is 17.2 Å². The molecule has 0 spiro atoms. The summed E-state index contributed by atoms with van der Waals surface area (Å²) in [4.78, 5) is 4.23. The molecule has 4 nitrogen and oxygen atoms in total. The fourth-order valence-electron chi connectivity index (χ4n) is 2.57. The van der Waals surface area contributed by atoms with Crippen molar-refractivity contribution in [2.24, 2.45) is 4.99 Å². The molecular formula is C17H15ClF2N2O2S. The maximum atomic E-state index is 13.2. The predicted octanol–water partition coefficient (Wildman–Crippen LogP) is 4.15. The molecule has 3 rings (SSSR count). The van der Waals surface area contributed by atoms with Gasteiger partial charge in [0.2, 0.25) is 10.0 Å². The summed E-state index contributed by atoms with van der Waals surface area (Å²) in [5.74, 6) is -1.94. The Balaban J connectivity index is 1.91. The zero-order chi connectivity index (χ0) is 18.0. The van der Waals surface area contributed by atoms with Crippen LogP contribution in [0, 0.1) is 11.6 Å². The zero-order valence-corrected chi connectivity index (χ0v) is 14.7. The molecule has 0 radical (unpaired) electrons. The molecule has 0 unspecified atom stereocenters. The first kappa shape index (κ1) is 18.0. The molecule has 25 heavy (non-hydrogen) atoms. The zero-order valence-electron chi connectivity index (χ0n) is 13.1. The largest absolute Gasteiger partial charge is 0.255 e. The average Bonchev–Trinajstić information content (AvgIpc) is 3.12. The number of hydrogen-bond acceptors (Lipinski definition) is 3. The van der Waals surface area contributed by atoms with Gasteiger partial charge in [-0.2, -0.15) is 4.31 Å². The first-order valence-corrected chi connectivity index (χ1v) is 9.48. The van der Waals surface area contributed by atoms with Crippen molar-refractivity contribution in [2.75, 3.05) is 13.1 Å². The smallest absolute Gasteiger partial charge is 0.243 e. The SMILES string of the molecule is O=S(=O)(c1ccc(Cl)c(N=Cc2ccc(F)c(F)c2)c1)N1CCCC1. The van der Waals surface area contributed by atoms with Gasteiger partial charge in [0.25, 0.3) is 0 Å². The fraction of sp³-hybridized carbons (Fsp3) is 0.235. The number of nitrogens with zero attached hydrogens (tertiary/aromatic N) is 2. The lowest BCUT2D eigenvalue weighted by Gasteiger charge is -2.15. The van der Waals surface area contributed by atoms with E-state index in [0.29, 0.717) is 18.7 Å². The van der Waals surface area contributed by atoms with Crippen LogP contribution in [0.25, 0.3) is 0 Å². The minimum absolute atomic E-state index is 0.108. The average molecular weight is 385 g/mol. The van der Waals surface area contributed by atoms with Crippen LogP contribution < -0.4 is 0 Å². The van der Waals surface area contributed by atoms with Crippen molar-refractivity contribution in [2.45, 2.75) is 17.7 Å². The van der Waals surface area contributed by atoms with E-state index in [0.717, 1.165) is 25.0 Å². The molecule has 0 amide bonds. The number of rotatable bonds is 4. The fourth-order valence-corrected chi connectivity index (χ4v) is 4.27. The molecule has 0 aliphatic carbocycles. The summed E-state index contributed by atoms with van der Waals surface area (Å²) >= 11 is 6.07. The maximum absolute atomic E-state index is 13.2. The van der Waals surface area contributed by atoms with Crippen LogP contribution in [0.3, 0.4) is 0 Å². The second-order valence-corrected chi connectivity index (χ2v) is 8.00. The molecule has 2 aromatic rings. The van der Waals surface area contributed by atoms with E-state index in [1.807, 2.05) is 0 Å². The first-order chi connectivity index (χ1) is 11.9. The predicted molar refractivity (Wildman–Crippen MR) is 93.1 cm³/mol. The van der Waals surface area contributed by atoms with Gasteiger partial charge in [0.05, 0.1) is 15.6 Å². The third-order valence-electron chi connectivity index (χ3n) is 3.92. The highest BCUT2D eigenvalue weighted by Crippen LogP contribution is 2.30. The van der Waals surface area contributed by atoms with Crippen LogP contribution in [-0.4, -0.2) is 32.0 Å². The normalized spacial score (nSPS) is 16.0. The van der Waals surface area contributed by atoms with Crippen molar-refractivity contribution in [1.29, 1.82) is 0 Å². The minimum Gasteiger partial charge on any atom is -0.255 e. The summed E-state index contributed by atoms with van der Waals surface area (Å²) in [6.07, 6.45) is 2.98. The van der Waals surface area contributed by atoms with E-state index in [1.54, 1.807) is 0 Å². The Kier molecular flexibility index (Phi) is 5.17. The molecule has 0 saturated carbocycles. The number of benzene rings is 2. The molecule has 1 aliphatic rings. The summed E-state index contributed by atoms with van der Waals surface area (Å²) < 4.78 is 52.8. The van der Waals surface area contributed by atoms with Gasteiger partial charge >= 0.3 is 0 Å². The van der Waals surface area contributed by atoms with Crippen molar-refractivity contribution in [1.82, 2.24) is 4.31 Å². The van der Waals surface area contributed by atoms with Crippen LogP contribution in [-0.2, 0) is 10.0 Å². The van der Waals surface area contributed by atoms with Crippen LogP contribution in [0.1, 0.15) is 18.4 Å². The summed E-state index contributed by atoms with van der Waals surface area (Å²) in [5, 5.41) is 0.263. The molecule has 1 fully saturated rings. The highest BCUT2D eigenvalue weighted by atomic mass is 35.5. The number of halogens is 3. The topological polar surface area (TPSA) is 49.7 Å². The van der Waals surface area contributed by atoms with E-state index in [2.05, 4.69) is 4.99 Å². The van der Waals surface area contributed by atoms with Crippen molar-refractivity contribution in [3.8, 4) is 0 Å². The maximum Gasteiger partial charge on any atom is 0.243 e. The van der Waals surface area contributed by atoms with Gasteiger partial charge < -0.3 is 0 Å². The van der Waals surface area contributed by atoms with Gasteiger partial charge in [-0.15, -0.1) is 0 Å². The van der Waals surface area contributed by atoms with Gasteiger partial charge in [-0.1, -0.05) is 17.7 Å². The van der Waals surface area contributed by atoms with Crippen molar-refractivity contribution >= 4 is 33.5 Å². The van der Waals surface area contributed by atoms with Crippen LogP contribution >= 0.6 is 11.6 Å². The first-order valence-electron chi connectivity index (χ1n) is 7.67. The Hall–Kier alpha value is -1.83. The lowest BCUT2D eigenvalue weighted by Crippen LogP contribution is -2.27. The van der Waals surface area contributed by atoms with E-state index in [1.165, 1.54) is 34.8 Å². The Morgan fingerprint density at radius 2 is 1.76 bits per heavy atom. The van der Waals surface area contributed by atoms with Gasteiger partial charge in [0, 0.05) is 19.3 Å². The molecule has 0 bridgehead atoms. The molecule has 8 heteroatoms. The van der Waals surface area contributed by atoms with E-state index < -0.39 is 21.7 Å². The van der Waals surface area contributed by atoms with Crippen LogP contribution in [0.4, 0.5) is 14.5 Å². The molecule has 0 atom stereocenters. The quantitative estimate of drug-likeness (QED) is 0.743. The number of sulfonamides is 1. The Bertz CT molecular complexity index is 926. The molecule has 132 valence electrons. The highest BCUT2D eigenvalue weighted by Gasteiger charge is 2.27. The molecular weight excluding hydrogens is 370 g/mol. The third kappa shape index (κ3) is 3.89. The summed E-state index contributed by atoms with van der Waals surface area (Å²) in [7, 11) is -3.58. The summed E-state index contributed by atoms with van der Waals surface area (Å²) in [5.41, 5.74) is 0.578. The van der Waals surface area contributed by atoms with E-state index in [9.17, 15) is 17.2 Å². The molecule has 0 aromatic heterocycles. The lowest BCUT2D eigenvalue weighted by atomic mass is 10.2. The Morgan fingerprint density at radius 1 is 1.04 bits per heavy atom. The Morgan fingerprint density at radius 3 is 2.44 bits per heavy atom. The second kappa shape index (κ2) is 7.19. The van der Waals surface area contributed by atoms with Gasteiger partial charge in [-0.05, 0) is 48.7 Å². The van der Waals surface area contributed by atoms with Gasteiger partial charge in [-0.3, -0.25) is 4.99 Å². The molecule has 0 N–H and O–H groups in total. The van der Waals surface area contributed by atoms with Gasteiger partial charge in [0.1, 0.15) is 0 Å².